The van der Waals surface area contributed by atoms with Gasteiger partial charge in [-0.2, -0.15) is 13.2 Å². The Kier molecular flexibility index (Phi) is 9.36. The number of alkyl halides is 3. The lowest BCUT2D eigenvalue weighted by Crippen LogP contribution is -2.08. The maximum Gasteiger partial charge on any atom is 0.415 e. The zero-order chi connectivity index (χ0) is 44.8. The summed E-state index contributed by atoms with van der Waals surface area (Å²) in [5.74, 6) is 0. The van der Waals surface area contributed by atoms with Crippen LogP contribution in [0.3, 0.4) is 0 Å². The molecule has 0 N–H and O–H groups in total. The van der Waals surface area contributed by atoms with Crippen molar-refractivity contribution < 1.29 is 13.2 Å². The monoisotopic (exact) mass is 838 g/mol. The van der Waals surface area contributed by atoms with E-state index in [1.807, 2.05) is 36.4 Å². The minimum atomic E-state index is -4.79. The van der Waals surface area contributed by atoms with Crippen LogP contribution in [0.2, 0.25) is 0 Å². The largest absolute Gasteiger partial charge is 0.415 e. The van der Waals surface area contributed by atoms with Crippen molar-refractivity contribution in [2.24, 2.45) is 0 Å². The molecule has 0 amide bonds. The first-order chi connectivity index (χ1) is 30.8. The lowest BCUT2D eigenvalue weighted by molar-refractivity contribution is -0.137. The summed E-state index contributed by atoms with van der Waals surface area (Å²) in [5.41, 5.74) is 14.8. The Hall–Kier alpha value is -7.87. The van der Waals surface area contributed by atoms with Crippen molar-refractivity contribution in [1.29, 1.82) is 0 Å². The van der Waals surface area contributed by atoms with Gasteiger partial charge >= 0.3 is 6.18 Å². The molecule has 2 aromatic heterocycles. The van der Waals surface area contributed by atoms with Gasteiger partial charge in [-0.3, -0.25) is 0 Å². The van der Waals surface area contributed by atoms with E-state index in [9.17, 15) is 0 Å². The number of aromatic nitrogens is 2. The number of halogens is 3. The van der Waals surface area contributed by atoms with Crippen molar-refractivity contribution in [3.8, 4) is 44.8 Å². The molecule has 310 valence electrons. The maximum atomic E-state index is 15.0. The fourth-order valence-corrected chi connectivity index (χ4v) is 10.4. The Morgan fingerprint density at radius 3 is 1.31 bits per heavy atom. The van der Waals surface area contributed by atoms with E-state index in [1.165, 1.54) is 51.1 Å². The van der Waals surface area contributed by atoms with E-state index in [-0.39, 0.29) is 22.5 Å². The third-order valence-electron chi connectivity index (χ3n) is 12.7. The summed E-state index contributed by atoms with van der Waals surface area (Å²) in [6.45, 7) is 29.3. The van der Waals surface area contributed by atoms with Crippen molar-refractivity contribution in [1.82, 2.24) is 9.13 Å². The van der Waals surface area contributed by atoms with Gasteiger partial charge in [-0.1, -0.05) is 102 Å². The summed E-state index contributed by atoms with van der Waals surface area (Å²) in [5, 5.41) is 3.94. The van der Waals surface area contributed by atoms with Crippen molar-refractivity contribution in [3.63, 3.8) is 0 Å². The van der Waals surface area contributed by atoms with Crippen molar-refractivity contribution in [3.05, 3.63) is 201 Å². The normalized spacial score (nSPS) is 11.8. The number of hydrogen-bond acceptors (Lipinski definition) is 0. The van der Waals surface area contributed by atoms with Gasteiger partial charge in [0, 0.05) is 21.5 Å². The Labute approximate surface area is 369 Å². The number of aryl methyl sites for hydroxylation is 6. The minimum Gasteiger partial charge on any atom is -0.308 e. The number of nitrogens with zero attached hydrogens (tertiary/aromatic N) is 4. The topological polar surface area (TPSA) is 18.6 Å². The van der Waals surface area contributed by atoms with Gasteiger partial charge in [0.2, 0.25) is 0 Å². The van der Waals surface area contributed by atoms with Crippen LogP contribution in [-0.4, -0.2) is 9.13 Å². The van der Waals surface area contributed by atoms with Crippen molar-refractivity contribution in [2.45, 2.75) is 47.7 Å². The number of fused-ring (bicyclic) bond motifs is 6. The predicted molar refractivity (Wildman–Crippen MR) is 257 cm³/mol. The molecular weight excluding hydrogens is 798 g/mol. The fraction of sp³-hybridized carbons (Fsp3) is 0.123. The maximum absolute atomic E-state index is 15.0. The van der Waals surface area contributed by atoms with Gasteiger partial charge in [-0.25, -0.2) is 9.69 Å². The van der Waals surface area contributed by atoms with Gasteiger partial charge in [0.05, 0.1) is 52.1 Å². The molecule has 0 bridgehead atoms. The summed E-state index contributed by atoms with van der Waals surface area (Å²) < 4.78 is 49.3. The highest BCUT2D eigenvalue weighted by molar-refractivity contribution is 6.13. The van der Waals surface area contributed by atoms with Crippen LogP contribution in [0.5, 0.6) is 0 Å². The van der Waals surface area contributed by atoms with Crippen molar-refractivity contribution >= 4 is 55.0 Å². The van der Waals surface area contributed by atoms with Gasteiger partial charge in [0.1, 0.15) is 0 Å². The first-order valence-electron chi connectivity index (χ1n) is 21.1. The quantitative estimate of drug-likeness (QED) is 0.154. The first-order valence-corrected chi connectivity index (χ1v) is 21.1. The third-order valence-corrected chi connectivity index (χ3v) is 12.7. The van der Waals surface area contributed by atoms with Gasteiger partial charge in [0.15, 0.2) is 11.4 Å². The predicted octanol–water partition coefficient (Wildman–Crippen LogP) is 16.9. The molecule has 0 atom stereocenters. The molecule has 0 saturated carbocycles. The molecule has 2 heterocycles. The molecule has 0 unspecified atom stereocenters. The van der Waals surface area contributed by atoms with Crippen LogP contribution < -0.4 is 0 Å². The van der Waals surface area contributed by atoms with E-state index >= 15 is 13.2 Å². The summed E-state index contributed by atoms with van der Waals surface area (Å²) in [7, 11) is 0. The molecule has 64 heavy (non-hydrogen) atoms. The number of benzene rings is 8. The van der Waals surface area contributed by atoms with Crippen LogP contribution in [0, 0.1) is 54.7 Å². The Balaban J connectivity index is 1.35. The highest BCUT2D eigenvalue weighted by Crippen LogP contribution is 2.49. The molecule has 0 saturated heterocycles. The van der Waals surface area contributed by atoms with Crippen LogP contribution in [-0.2, 0) is 6.18 Å². The van der Waals surface area contributed by atoms with Gasteiger partial charge in [-0.15, -0.1) is 0 Å². The lowest BCUT2D eigenvalue weighted by atomic mass is 9.93. The van der Waals surface area contributed by atoms with E-state index in [1.54, 1.807) is 12.1 Å². The molecule has 0 aliphatic rings. The number of rotatable bonds is 5. The smallest absolute Gasteiger partial charge is 0.308 e. The standard InChI is InChI=1S/C57H41F3N4/c1-32-24-34(3)54(35(4)25-32)38-20-22-50-42(28-38)40-14-9-11-18-48(40)63(50)52-30-44(56-45(57(58,59)60)16-13-17-46(56)61-7)47(62-8)31-53(52)64-49-19-12-10-15-41(49)43-29-39(21-23-51(43)64)55-36(5)26-33(2)27-37(55)6/h9-31H,1-6H3. The highest BCUT2D eigenvalue weighted by Gasteiger charge is 2.36. The second-order valence-electron chi connectivity index (χ2n) is 17.0. The van der Waals surface area contributed by atoms with Crippen molar-refractivity contribution in [2.75, 3.05) is 0 Å². The van der Waals surface area contributed by atoms with E-state index in [4.69, 9.17) is 13.1 Å². The molecule has 0 aliphatic heterocycles. The number of hydrogen-bond donors (Lipinski definition) is 0. The van der Waals surface area contributed by atoms with Crippen LogP contribution in [0.25, 0.3) is 98.1 Å². The minimum absolute atomic E-state index is 0.00202. The highest BCUT2D eigenvalue weighted by atomic mass is 19.4. The second kappa shape index (κ2) is 14.9. The van der Waals surface area contributed by atoms with Gasteiger partial charge < -0.3 is 9.13 Å². The Morgan fingerprint density at radius 2 is 0.859 bits per heavy atom. The average Bonchev–Trinajstić information content (AvgIpc) is 3.77. The molecular formula is C57H41F3N4. The summed E-state index contributed by atoms with van der Waals surface area (Å²) in [6, 6.07) is 44.9. The van der Waals surface area contributed by atoms with Crippen LogP contribution in [0.4, 0.5) is 24.5 Å². The zero-order valence-electron chi connectivity index (χ0n) is 36.2. The average molecular weight is 839 g/mol. The van der Waals surface area contributed by atoms with E-state index in [0.717, 1.165) is 66.4 Å². The molecule has 10 aromatic rings. The third kappa shape index (κ3) is 6.27. The fourth-order valence-electron chi connectivity index (χ4n) is 10.4. The molecule has 0 aliphatic carbocycles. The summed E-state index contributed by atoms with van der Waals surface area (Å²) in [6.07, 6.45) is -4.79. The van der Waals surface area contributed by atoms with E-state index in [0.29, 0.717) is 11.4 Å². The van der Waals surface area contributed by atoms with E-state index < -0.39 is 11.7 Å². The van der Waals surface area contributed by atoms with Crippen LogP contribution in [0.1, 0.15) is 38.9 Å². The van der Waals surface area contributed by atoms with Gasteiger partial charge in [-0.05, 0) is 146 Å². The molecule has 0 spiro atoms. The van der Waals surface area contributed by atoms with Gasteiger partial charge in [0.25, 0.3) is 0 Å². The van der Waals surface area contributed by atoms with E-state index in [2.05, 4.69) is 133 Å². The molecule has 10 rings (SSSR count). The molecule has 0 radical (unpaired) electrons. The Morgan fingerprint density at radius 1 is 0.422 bits per heavy atom. The molecule has 0 fully saturated rings. The molecule has 4 nitrogen and oxygen atoms in total. The second-order valence-corrected chi connectivity index (χ2v) is 17.0. The SMILES string of the molecule is [C-]#[N+]c1cc(-n2c3ccccc3c3cc(-c4c(C)cc(C)cc4C)ccc32)c(-n2c3ccccc3c3cc(-c4c(C)cc(C)cc4C)ccc32)cc1-c1c([N+]#[C-])cccc1C(F)(F)F. The molecule has 7 heteroatoms. The van der Waals surface area contributed by atoms with Crippen LogP contribution in [0.15, 0.2) is 140 Å². The lowest BCUT2D eigenvalue weighted by Gasteiger charge is -2.22. The first kappa shape index (κ1) is 40.2. The summed E-state index contributed by atoms with van der Waals surface area (Å²) in [4.78, 5) is 7.51. The Bertz CT molecular complexity index is 3650. The molecule has 8 aromatic carbocycles. The zero-order valence-corrected chi connectivity index (χ0v) is 36.2. The van der Waals surface area contributed by atoms with Crippen LogP contribution >= 0.6 is 0 Å². The summed E-state index contributed by atoms with van der Waals surface area (Å²) >= 11 is 0. The number of para-hydroxylation sites is 2.